The normalized spacial score (nSPS) is 19.9. The summed E-state index contributed by atoms with van der Waals surface area (Å²) in [6.07, 6.45) is 6.91. The molecule has 1 aliphatic rings. The number of nitrogens with zero attached hydrogens (tertiary/aromatic N) is 3. The van der Waals surface area contributed by atoms with E-state index in [0.29, 0.717) is 18.3 Å². The summed E-state index contributed by atoms with van der Waals surface area (Å²) in [4.78, 5) is 18.4. The lowest BCUT2D eigenvalue weighted by molar-refractivity contribution is 0.0531. The molecule has 6 nitrogen and oxygen atoms in total. The van der Waals surface area contributed by atoms with Crippen LogP contribution in [0.3, 0.4) is 0 Å². The minimum Gasteiger partial charge on any atom is -0.385 e. The molecule has 2 N–H and O–H groups in total. The Morgan fingerprint density at radius 3 is 2.83 bits per heavy atom. The van der Waals surface area contributed by atoms with Crippen LogP contribution in [0.15, 0.2) is 12.4 Å². The number of aryl methyl sites for hydroxylation is 1. The number of piperidine rings is 1. The summed E-state index contributed by atoms with van der Waals surface area (Å²) in [5.74, 6) is 1.26. The number of hydrogen-bond donors (Lipinski definition) is 2. The van der Waals surface area contributed by atoms with Crippen LogP contribution in [0.1, 0.15) is 51.5 Å². The van der Waals surface area contributed by atoms with Gasteiger partial charge in [0.25, 0.3) is 0 Å². The van der Waals surface area contributed by atoms with Gasteiger partial charge in [-0.05, 0) is 18.8 Å². The Hall–Kier alpha value is -1.56. The van der Waals surface area contributed by atoms with Crippen LogP contribution in [-0.4, -0.2) is 45.2 Å². The number of carbonyl (C=O) groups is 1. The maximum absolute atomic E-state index is 12.4. The third-order valence-electron chi connectivity index (χ3n) is 5.01. The molecular weight excluding hydrogens is 292 g/mol. The molecule has 2 amide bonds. The van der Waals surface area contributed by atoms with Gasteiger partial charge in [0.2, 0.25) is 0 Å². The lowest BCUT2D eigenvalue weighted by Crippen LogP contribution is -2.47. The van der Waals surface area contributed by atoms with E-state index in [0.717, 1.165) is 38.8 Å². The number of likely N-dealkylation sites (tertiary alicyclic amines) is 1. The van der Waals surface area contributed by atoms with Crippen LogP contribution < -0.4 is 5.32 Å². The van der Waals surface area contributed by atoms with Crippen molar-refractivity contribution in [2.24, 2.45) is 18.9 Å². The summed E-state index contributed by atoms with van der Waals surface area (Å²) in [6, 6.07) is -0.00589. The fourth-order valence-electron chi connectivity index (χ4n) is 3.25. The van der Waals surface area contributed by atoms with Crippen molar-refractivity contribution in [2.75, 3.05) is 19.6 Å². The zero-order chi connectivity index (χ0) is 16.8. The number of hydrogen-bond acceptors (Lipinski definition) is 3. The molecule has 2 unspecified atom stereocenters. The molecule has 0 spiro atoms. The van der Waals surface area contributed by atoms with E-state index in [-0.39, 0.29) is 11.9 Å². The number of carbonyl (C=O) groups excluding carboxylic acids is 1. The molecule has 2 heterocycles. The highest BCUT2D eigenvalue weighted by molar-refractivity contribution is 5.74. The molecule has 2 atom stereocenters. The molecule has 1 aliphatic heterocycles. The van der Waals surface area contributed by atoms with Crippen LogP contribution >= 0.6 is 0 Å². The van der Waals surface area contributed by atoms with Gasteiger partial charge in [0.15, 0.2) is 0 Å². The number of amides is 2. The van der Waals surface area contributed by atoms with Gasteiger partial charge in [-0.15, -0.1) is 0 Å². The zero-order valence-corrected chi connectivity index (χ0v) is 14.5. The van der Waals surface area contributed by atoms with Crippen LogP contribution in [0.2, 0.25) is 0 Å². The van der Waals surface area contributed by atoms with Crippen molar-refractivity contribution in [3.05, 3.63) is 18.2 Å². The van der Waals surface area contributed by atoms with Gasteiger partial charge in [-0.25, -0.2) is 9.78 Å². The second-order valence-electron chi connectivity index (χ2n) is 6.56. The van der Waals surface area contributed by atoms with E-state index in [2.05, 4.69) is 24.1 Å². The summed E-state index contributed by atoms with van der Waals surface area (Å²) in [5, 5.41) is 13.6. The van der Waals surface area contributed by atoms with E-state index in [1.807, 2.05) is 22.7 Å². The molecule has 1 aromatic rings. The number of nitrogens with one attached hydrogen (secondary N) is 1. The van der Waals surface area contributed by atoms with E-state index in [4.69, 9.17) is 0 Å². The molecule has 23 heavy (non-hydrogen) atoms. The van der Waals surface area contributed by atoms with Gasteiger partial charge in [-0.3, -0.25) is 0 Å². The minimum atomic E-state index is -0.621. The summed E-state index contributed by atoms with van der Waals surface area (Å²) in [7, 11) is 1.88. The maximum atomic E-state index is 12.4. The largest absolute Gasteiger partial charge is 0.385 e. The Balaban J connectivity index is 1.90. The number of aliphatic hydroxyl groups excluding tert-OH is 1. The number of imidazole rings is 1. The molecule has 0 radical (unpaired) electrons. The minimum absolute atomic E-state index is 0.00589. The number of urea groups is 1. The SMILES string of the molecule is CCC(CC)CNC(=O)N1CCCC(C(O)c2nccn2C)C1. The molecule has 6 heteroatoms. The number of rotatable bonds is 6. The third-order valence-corrected chi connectivity index (χ3v) is 5.01. The lowest BCUT2D eigenvalue weighted by Gasteiger charge is -2.35. The van der Waals surface area contributed by atoms with Gasteiger partial charge >= 0.3 is 6.03 Å². The lowest BCUT2D eigenvalue weighted by atomic mass is 9.92. The van der Waals surface area contributed by atoms with Crippen LogP contribution in [0.5, 0.6) is 0 Å². The Morgan fingerprint density at radius 2 is 2.22 bits per heavy atom. The van der Waals surface area contributed by atoms with Crippen LogP contribution in [0, 0.1) is 11.8 Å². The van der Waals surface area contributed by atoms with E-state index in [1.165, 1.54) is 0 Å². The van der Waals surface area contributed by atoms with Crippen molar-refractivity contribution in [2.45, 2.75) is 45.6 Å². The first-order valence-corrected chi connectivity index (χ1v) is 8.74. The summed E-state index contributed by atoms with van der Waals surface area (Å²) in [6.45, 7) is 6.39. The van der Waals surface area contributed by atoms with Crippen molar-refractivity contribution in [3.8, 4) is 0 Å². The van der Waals surface area contributed by atoms with Crippen molar-refractivity contribution in [1.82, 2.24) is 19.8 Å². The topological polar surface area (TPSA) is 70.4 Å². The second kappa shape index (κ2) is 8.34. The van der Waals surface area contributed by atoms with E-state index in [9.17, 15) is 9.90 Å². The Morgan fingerprint density at radius 1 is 1.48 bits per heavy atom. The van der Waals surface area contributed by atoms with Crippen LogP contribution in [0.4, 0.5) is 4.79 Å². The zero-order valence-electron chi connectivity index (χ0n) is 14.5. The van der Waals surface area contributed by atoms with E-state index in [1.54, 1.807) is 6.20 Å². The Labute approximate surface area is 138 Å². The first-order valence-electron chi connectivity index (χ1n) is 8.74. The van der Waals surface area contributed by atoms with Gasteiger partial charge in [-0.1, -0.05) is 26.7 Å². The number of aliphatic hydroxyl groups is 1. The van der Waals surface area contributed by atoms with Crippen molar-refractivity contribution in [1.29, 1.82) is 0 Å². The second-order valence-corrected chi connectivity index (χ2v) is 6.56. The molecule has 1 saturated heterocycles. The van der Waals surface area contributed by atoms with Gasteiger partial charge < -0.3 is 19.9 Å². The van der Waals surface area contributed by atoms with E-state index < -0.39 is 6.10 Å². The first kappa shape index (κ1) is 17.8. The summed E-state index contributed by atoms with van der Waals surface area (Å²) in [5.41, 5.74) is 0. The average Bonchev–Trinajstić information content (AvgIpc) is 3.01. The molecule has 1 fully saturated rings. The maximum Gasteiger partial charge on any atom is 0.317 e. The first-order chi connectivity index (χ1) is 11.1. The van der Waals surface area contributed by atoms with Gasteiger partial charge in [-0.2, -0.15) is 0 Å². The molecule has 130 valence electrons. The molecule has 0 saturated carbocycles. The standard InChI is InChI=1S/C17H30N4O2/c1-4-13(5-2)11-19-17(23)21-9-6-7-14(12-21)15(22)16-18-8-10-20(16)3/h8,10,13-15,22H,4-7,9,11-12H2,1-3H3,(H,19,23). The van der Waals surface area contributed by atoms with Crippen LogP contribution in [0.25, 0.3) is 0 Å². The quantitative estimate of drug-likeness (QED) is 0.844. The van der Waals surface area contributed by atoms with Gasteiger partial charge in [0.05, 0.1) is 0 Å². The number of aromatic nitrogens is 2. The third kappa shape index (κ3) is 4.47. The smallest absolute Gasteiger partial charge is 0.317 e. The predicted octanol–water partition coefficient (Wildman–Crippen LogP) is 2.31. The molecule has 0 aromatic carbocycles. The fourth-order valence-corrected chi connectivity index (χ4v) is 3.25. The highest BCUT2D eigenvalue weighted by Gasteiger charge is 2.31. The van der Waals surface area contributed by atoms with Crippen molar-refractivity contribution >= 4 is 6.03 Å². The molecule has 0 bridgehead atoms. The summed E-state index contributed by atoms with van der Waals surface area (Å²) >= 11 is 0. The van der Waals surface area contributed by atoms with Crippen LogP contribution in [-0.2, 0) is 7.05 Å². The fraction of sp³-hybridized carbons (Fsp3) is 0.765. The predicted molar refractivity (Wildman–Crippen MR) is 89.9 cm³/mol. The molecule has 2 rings (SSSR count). The summed E-state index contributed by atoms with van der Waals surface area (Å²) < 4.78 is 1.84. The Kier molecular flexibility index (Phi) is 6.45. The average molecular weight is 322 g/mol. The monoisotopic (exact) mass is 322 g/mol. The van der Waals surface area contributed by atoms with E-state index >= 15 is 0 Å². The van der Waals surface area contributed by atoms with Gasteiger partial charge in [0.1, 0.15) is 11.9 Å². The van der Waals surface area contributed by atoms with Crippen molar-refractivity contribution in [3.63, 3.8) is 0 Å². The van der Waals surface area contributed by atoms with Crippen molar-refractivity contribution < 1.29 is 9.90 Å². The van der Waals surface area contributed by atoms with Gasteiger partial charge in [0, 0.05) is 45.0 Å². The molecule has 0 aliphatic carbocycles. The molecule has 1 aromatic heterocycles. The highest BCUT2D eigenvalue weighted by Crippen LogP contribution is 2.28. The highest BCUT2D eigenvalue weighted by atomic mass is 16.3. The Bertz CT molecular complexity index is 499. The molecular formula is C17H30N4O2.